The summed E-state index contributed by atoms with van der Waals surface area (Å²) in [6.45, 7) is 2.02. The summed E-state index contributed by atoms with van der Waals surface area (Å²) in [5, 5.41) is 7.58. The van der Waals surface area contributed by atoms with Gasteiger partial charge in [-0.15, -0.1) is 0 Å². The monoisotopic (exact) mass is 333 g/mol. The number of imidazole rings is 1. The molecule has 0 saturated heterocycles. The largest absolute Gasteiger partial charge is 0.326 e. The van der Waals surface area contributed by atoms with Crippen LogP contribution in [0.25, 0.3) is 11.0 Å². The summed E-state index contributed by atoms with van der Waals surface area (Å²) in [4.78, 5) is 16.1. The minimum absolute atomic E-state index is 0.0350. The number of hydrogen-bond acceptors (Lipinski definition) is 4. The van der Waals surface area contributed by atoms with Crippen LogP contribution in [0, 0.1) is 5.92 Å². The molecule has 0 spiro atoms. The minimum atomic E-state index is -0.0350. The van der Waals surface area contributed by atoms with Crippen LogP contribution in [-0.4, -0.2) is 21.2 Å². The molecule has 0 radical (unpaired) electrons. The maximum Gasteiger partial charge on any atom is 0.240 e. The Morgan fingerprint density at radius 2 is 2.00 bits per heavy atom. The standard InChI is InChI=1S/C19H19N5O/c1-12-10-17(25)22-23-18(12)13-8-9-15-16(11-13)24(2)19(21-15)20-14-6-4-3-5-7-14/h3-9,11-12H,10H2,1-2H3,(H,20,21)(H,22,25). The van der Waals surface area contributed by atoms with Crippen LogP contribution in [-0.2, 0) is 11.8 Å². The van der Waals surface area contributed by atoms with E-state index >= 15 is 0 Å². The molecule has 1 aliphatic rings. The number of aryl methyl sites for hydroxylation is 1. The van der Waals surface area contributed by atoms with Crippen LogP contribution in [0.1, 0.15) is 18.9 Å². The Kier molecular flexibility index (Phi) is 3.72. The summed E-state index contributed by atoms with van der Waals surface area (Å²) >= 11 is 0. The number of carbonyl (C=O) groups is 1. The van der Waals surface area contributed by atoms with Crippen LogP contribution < -0.4 is 10.7 Å². The minimum Gasteiger partial charge on any atom is -0.326 e. The summed E-state index contributed by atoms with van der Waals surface area (Å²) in [7, 11) is 1.98. The number of para-hydroxylation sites is 1. The van der Waals surface area contributed by atoms with E-state index < -0.39 is 0 Å². The Labute approximate surface area is 145 Å². The Morgan fingerprint density at radius 3 is 2.76 bits per heavy atom. The number of aromatic nitrogens is 2. The fourth-order valence-electron chi connectivity index (χ4n) is 3.11. The third-order valence-corrected chi connectivity index (χ3v) is 4.47. The summed E-state index contributed by atoms with van der Waals surface area (Å²) < 4.78 is 2.03. The number of rotatable bonds is 3. The maximum atomic E-state index is 11.5. The van der Waals surface area contributed by atoms with Gasteiger partial charge in [-0.2, -0.15) is 5.10 Å². The van der Waals surface area contributed by atoms with Crippen molar-refractivity contribution in [2.45, 2.75) is 13.3 Å². The predicted molar refractivity (Wildman–Crippen MR) is 98.9 cm³/mol. The van der Waals surface area contributed by atoms with Crippen molar-refractivity contribution in [3.63, 3.8) is 0 Å². The van der Waals surface area contributed by atoms with Gasteiger partial charge >= 0.3 is 0 Å². The zero-order valence-electron chi connectivity index (χ0n) is 14.2. The third kappa shape index (κ3) is 2.87. The quantitative estimate of drug-likeness (QED) is 0.773. The average Bonchev–Trinajstić information content (AvgIpc) is 2.91. The fourth-order valence-corrected chi connectivity index (χ4v) is 3.11. The van der Waals surface area contributed by atoms with Crippen molar-refractivity contribution in [2.24, 2.45) is 18.1 Å². The van der Waals surface area contributed by atoms with Crippen molar-refractivity contribution in [3.8, 4) is 0 Å². The van der Waals surface area contributed by atoms with Crippen LogP contribution in [0.2, 0.25) is 0 Å². The highest BCUT2D eigenvalue weighted by Crippen LogP contribution is 2.25. The fraction of sp³-hybridized carbons (Fsp3) is 0.211. The normalized spacial score (nSPS) is 17.3. The molecular weight excluding hydrogens is 314 g/mol. The van der Waals surface area contributed by atoms with Gasteiger partial charge in [-0.25, -0.2) is 10.4 Å². The highest BCUT2D eigenvalue weighted by Gasteiger charge is 2.22. The van der Waals surface area contributed by atoms with Crippen molar-refractivity contribution in [3.05, 3.63) is 54.1 Å². The number of fused-ring (bicyclic) bond motifs is 1. The summed E-state index contributed by atoms with van der Waals surface area (Å²) in [5.74, 6) is 0.846. The van der Waals surface area contributed by atoms with E-state index in [0.29, 0.717) is 6.42 Å². The lowest BCUT2D eigenvalue weighted by Crippen LogP contribution is -2.31. The molecule has 1 unspecified atom stereocenters. The van der Waals surface area contributed by atoms with Crippen LogP contribution in [0.5, 0.6) is 0 Å². The third-order valence-electron chi connectivity index (χ3n) is 4.47. The van der Waals surface area contributed by atoms with E-state index in [2.05, 4.69) is 26.9 Å². The van der Waals surface area contributed by atoms with E-state index in [9.17, 15) is 4.79 Å². The molecule has 4 rings (SSSR count). The van der Waals surface area contributed by atoms with E-state index in [0.717, 1.165) is 33.9 Å². The Morgan fingerprint density at radius 1 is 1.20 bits per heavy atom. The van der Waals surface area contributed by atoms with Gasteiger partial charge in [-0.05, 0) is 24.3 Å². The molecule has 3 aromatic rings. The number of anilines is 2. The number of nitrogens with zero attached hydrogens (tertiary/aromatic N) is 3. The number of hydrogen-bond donors (Lipinski definition) is 2. The van der Waals surface area contributed by atoms with Gasteiger partial charge in [0.15, 0.2) is 0 Å². The number of benzene rings is 2. The number of nitrogens with one attached hydrogen (secondary N) is 2. The van der Waals surface area contributed by atoms with Gasteiger partial charge in [-0.3, -0.25) is 4.79 Å². The molecule has 2 N–H and O–H groups in total. The SMILES string of the molecule is CC1CC(=O)NN=C1c1ccc2nc(Nc3ccccc3)n(C)c2c1. The first-order valence-electron chi connectivity index (χ1n) is 8.27. The first-order valence-corrected chi connectivity index (χ1v) is 8.27. The van der Waals surface area contributed by atoms with Crippen LogP contribution in [0.15, 0.2) is 53.6 Å². The van der Waals surface area contributed by atoms with Crippen molar-refractivity contribution in [2.75, 3.05) is 5.32 Å². The van der Waals surface area contributed by atoms with Crippen molar-refractivity contribution >= 4 is 34.3 Å². The lowest BCUT2D eigenvalue weighted by molar-refractivity contribution is -0.121. The van der Waals surface area contributed by atoms with Gasteiger partial charge in [0.05, 0.1) is 16.7 Å². The molecular formula is C19H19N5O. The predicted octanol–water partition coefficient (Wildman–Crippen LogP) is 3.18. The van der Waals surface area contributed by atoms with Gasteiger partial charge in [-0.1, -0.05) is 31.2 Å². The average molecular weight is 333 g/mol. The second-order valence-corrected chi connectivity index (χ2v) is 6.33. The van der Waals surface area contributed by atoms with E-state index in [1.165, 1.54) is 0 Å². The molecule has 2 aromatic carbocycles. The Hall–Kier alpha value is -3.15. The molecule has 0 bridgehead atoms. The zero-order chi connectivity index (χ0) is 17.4. The maximum absolute atomic E-state index is 11.5. The topological polar surface area (TPSA) is 71.3 Å². The second-order valence-electron chi connectivity index (χ2n) is 6.33. The van der Waals surface area contributed by atoms with Gasteiger partial charge in [0.2, 0.25) is 11.9 Å². The van der Waals surface area contributed by atoms with Crippen LogP contribution in [0.3, 0.4) is 0 Å². The zero-order valence-corrected chi connectivity index (χ0v) is 14.2. The number of amides is 1. The van der Waals surface area contributed by atoms with Crippen molar-refractivity contribution in [1.82, 2.24) is 15.0 Å². The molecule has 25 heavy (non-hydrogen) atoms. The highest BCUT2D eigenvalue weighted by molar-refractivity contribution is 6.07. The molecule has 0 fully saturated rings. The molecule has 1 amide bonds. The van der Waals surface area contributed by atoms with Crippen LogP contribution in [0.4, 0.5) is 11.6 Å². The molecule has 2 heterocycles. The number of carbonyl (C=O) groups excluding carboxylic acids is 1. The van der Waals surface area contributed by atoms with Gasteiger partial charge < -0.3 is 9.88 Å². The van der Waals surface area contributed by atoms with Crippen LogP contribution >= 0.6 is 0 Å². The molecule has 0 saturated carbocycles. The Bertz CT molecular complexity index is 974. The lowest BCUT2D eigenvalue weighted by Gasteiger charge is -2.19. The summed E-state index contributed by atoms with van der Waals surface area (Å²) in [6, 6.07) is 16.0. The molecule has 126 valence electrons. The molecule has 6 heteroatoms. The smallest absolute Gasteiger partial charge is 0.240 e. The molecule has 1 atom stereocenters. The summed E-state index contributed by atoms with van der Waals surface area (Å²) in [5.41, 5.74) is 7.41. The molecule has 6 nitrogen and oxygen atoms in total. The molecule has 1 aliphatic heterocycles. The Balaban J connectivity index is 1.72. The second kappa shape index (κ2) is 6.05. The lowest BCUT2D eigenvalue weighted by atomic mass is 9.94. The van der Waals surface area contributed by atoms with Crippen molar-refractivity contribution in [1.29, 1.82) is 0 Å². The van der Waals surface area contributed by atoms with E-state index in [4.69, 9.17) is 0 Å². The van der Waals surface area contributed by atoms with Gasteiger partial charge in [0, 0.05) is 30.6 Å². The van der Waals surface area contributed by atoms with Gasteiger partial charge in [0.1, 0.15) is 0 Å². The molecule has 0 aliphatic carbocycles. The number of hydrazone groups is 1. The van der Waals surface area contributed by atoms with E-state index in [-0.39, 0.29) is 11.8 Å². The van der Waals surface area contributed by atoms with Crippen molar-refractivity contribution < 1.29 is 4.79 Å². The highest BCUT2D eigenvalue weighted by atomic mass is 16.2. The van der Waals surface area contributed by atoms with E-state index in [1.807, 2.05) is 61.0 Å². The first kappa shape index (κ1) is 15.4. The van der Waals surface area contributed by atoms with E-state index in [1.54, 1.807) is 0 Å². The summed E-state index contributed by atoms with van der Waals surface area (Å²) in [6.07, 6.45) is 0.461. The first-order chi connectivity index (χ1) is 12.1. The molecule has 1 aromatic heterocycles. The van der Waals surface area contributed by atoms with Gasteiger partial charge in [0.25, 0.3) is 0 Å².